The minimum Gasteiger partial charge on any atom is -0.495 e. The minimum absolute atomic E-state index is 0.00110. The molecule has 0 aliphatic heterocycles. The van der Waals surface area contributed by atoms with E-state index >= 15 is 0 Å². The van der Waals surface area contributed by atoms with Crippen molar-refractivity contribution in [1.29, 1.82) is 0 Å². The standard InChI is InChI=1S/C17H19NO3/c1-12-8-9-16(21-2)14(10-12)18-17(20)11-15(19)13-6-4-3-5-7-13/h3-10,15,19H,11H2,1-2H3,(H,18,20). The van der Waals surface area contributed by atoms with E-state index in [1.807, 2.05) is 37.3 Å². The summed E-state index contributed by atoms with van der Waals surface area (Å²) in [6.07, 6.45) is -0.816. The van der Waals surface area contributed by atoms with Gasteiger partial charge in [0.25, 0.3) is 0 Å². The monoisotopic (exact) mass is 285 g/mol. The van der Waals surface area contributed by atoms with Crippen molar-refractivity contribution in [1.82, 2.24) is 0 Å². The minimum atomic E-state index is -0.818. The number of hydrogen-bond donors (Lipinski definition) is 2. The summed E-state index contributed by atoms with van der Waals surface area (Å²) < 4.78 is 5.21. The number of rotatable bonds is 5. The summed E-state index contributed by atoms with van der Waals surface area (Å²) in [5.74, 6) is 0.346. The lowest BCUT2D eigenvalue weighted by atomic mass is 10.1. The number of benzene rings is 2. The molecule has 0 aromatic heterocycles. The van der Waals surface area contributed by atoms with E-state index in [0.717, 1.165) is 11.1 Å². The molecule has 2 aromatic carbocycles. The van der Waals surface area contributed by atoms with E-state index in [9.17, 15) is 9.90 Å². The maximum absolute atomic E-state index is 12.0. The molecule has 4 nitrogen and oxygen atoms in total. The smallest absolute Gasteiger partial charge is 0.227 e. The van der Waals surface area contributed by atoms with Gasteiger partial charge in [-0.3, -0.25) is 4.79 Å². The largest absolute Gasteiger partial charge is 0.495 e. The van der Waals surface area contributed by atoms with Gasteiger partial charge in [-0.2, -0.15) is 0 Å². The Morgan fingerprint density at radius 3 is 2.62 bits per heavy atom. The zero-order valence-electron chi connectivity index (χ0n) is 12.2. The molecule has 0 saturated carbocycles. The van der Waals surface area contributed by atoms with E-state index in [2.05, 4.69) is 5.32 Å². The molecular formula is C17H19NO3. The van der Waals surface area contributed by atoms with Crippen LogP contribution in [0.5, 0.6) is 5.75 Å². The van der Waals surface area contributed by atoms with Crippen molar-refractivity contribution < 1.29 is 14.6 Å². The molecule has 0 bridgehead atoms. The zero-order valence-corrected chi connectivity index (χ0v) is 12.2. The van der Waals surface area contributed by atoms with Gasteiger partial charge in [0.15, 0.2) is 0 Å². The maximum atomic E-state index is 12.0. The van der Waals surface area contributed by atoms with Crippen LogP contribution in [0, 0.1) is 6.92 Å². The Morgan fingerprint density at radius 2 is 1.95 bits per heavy atom. The van der Waals surface area contributed by atoms with E-state index in [4.69, 9.17) is 4.74 Å². The van der Waals surface area contributed by atoms with Crippen LogP contribution in [0.3, 0.4) is 0 Å². The zero-order chi connectivity index (χ0) is 15.2. The Balaban J connectivity index is 2.04. The first kappa shape index (κ1) is 15.1. The summed E-state index contributed by atoms with van der Waals surface area (Å²) in [5.41, 5.74) is 2.36. The summed E-state index contributed by atoms with van der Waals surface area (Å²) in [6, 6.07) is 14.7. The summed E-state index contributed by atoms with van der Waals surface area (Å²) in [6.45, 7) is 1.94. The fourth-order valence-electron chi connectivity index (χ4n) is 2.09. The van der Waals surface area contributed by atoms with Gasteiger partial charge in [0.2, 0.25) is 5.91 Å². The van der Waals surface area contributed by atoms with E-state index in [-0.39, 0.29) is 12.3 Å². The number of carbonyl (C=O) groups excluding carboxylic acids is 1. The van der Waals surface area contributed by atoms with Crippen molar-refractivity contribution in [3.63, 3.8) is 0 Å². The number of nitrogens with one attached hydrogen (secondary N) is 1. The van der Waals surface area contributed by atoms with E-state index in [0.29, 0.717) is 11.4 Å². The number of aliphatic hydroxyl groups is 1. The topological polar surface area (TPSA) is 58.6 Å². The van der Waals surface area contributed by atoms with Crippen LogP contribution in [0.1, 0.15) is 23.7 Å². The van der Waals surface area contributed by atoms with Gasteiger partial charge in [-0.15, -0.1) is 0 Å². The van der Waals surface area contributed by atoms with Gasteiger partial charge in [-0.25, -0.2) is 0 Å². The van der Waals surface area contributed by atoms with Gasteiger partial charge >= 0.3 is 0 Å². The molecule has 2 N–H and O–H groups in total. The normalized spacial score (nSPS) is 11.8. The third-order valence-electron chi connectivity index (χ3n) is 3.19. The molecule has 1 unspecified atom stereocenters. The quantitative estimate of drug-likeness (QED) is 0.887. The number of aryl methyl sites for hydroxylation is 1. The van der Waals surface area contributed by atoms with E-state index in [1.165, 1.54) is 0 Å². The van der Waals surface area contributed by atoms with Crippen LogP contribution in [0.2, 0.25) is 0 Å². The van der Waals surface area contributed by atoms with E-state index < -0.39 is 6.10 Å². The van der Waals surface area contributed by atoms with Gasteiger partial charge in [0.05, 0.1) is 25.3 Å². The Hall–Kier alpha value is -2.33. The molecule has 110 valence electrons. The van der Waals surface area contributed by atoms with Crippen molar-refractivity contribution in [3.05, 3.63) is 59.7 Å². The molecule has 4 heteroatoms. The second-order valence-corrected chi connectivity index (χ2v) is 4.88. The predicted octanol–water partition coefficient (Wildman–Crippen LogP) is 3.07. The first-order chi connectivity index (χ1) is 10.1. The van der Waals surface area contributed by atoms with Crippen LogP contribution >= 0.6 is 0 Å². The highest BCUT2D eigenvalue weighted by Crippen LogP contribution is 2.26. The fraction of sp³-hybridized carbons (Fsp3) is 0.235. The number of hydrogen-bond acceptors (Lipinski definition) is 3. The van der Waals surface area contributed by atoms with Crippen LogP contribution in [0.15, 0.2) is 48.5 Å². The molecule has 0 saturated heterocycles. The highest BCUT2D eigenvalue weighted by molar-refractivity contribution is 5.92. The maximum Gasteiger partial charge on any atom is 0.227 e. The summed E-state index contributed by atoms with van der Waals surface area (Å²) in [5, 5.41) is 12.8. The Bertz CT molecular complexity index is 611. The van der Waals surface area contributed by atoms with Gasteiger partial charge in [-0.05, 0) is 30.2 Å². The summed E-state index contributed by atoms with van der Waals surface area (Å²) in [7, 11) is 1.55. The van der Waals surface area contributed by atoms with Crippen molar-refractivity contribution in [3.8, 4) is 5.75 Å². The Morgan fingerprint density at radius 1 is 1.24 bits per heavy atom. The summed E-state index contributed by atoms with van der Waals surface area (Å²) >= 11 is 0. The van der Waals surface area contributed by atoms with Crippen molar-refractivity contribution in [2.75, 3.05) is 12.4 Å². The molecule has 0 aliphatic rings. The van der Waals surface area contributed by atoms with Crippen LogP contribution in [-0.2, 0) is 4.79 Å². The lowest BCUT2D eigenvalue weighted by Gasteiger charge is -2.13. The van der Waals surface area contributed by atoms with E-state index in [1.54, 1.807) is 25.3 Å². The van der Waals surface area contributed by atoms with Crippen LogP contribution in [0.4, 0.5) is 5.69 Å². The number of amides is 1. The molecule has 0 aliphatic carbocycles. The molecular weight excluding hydrogens is 266 g/mol. The molecule has 0 spiro atoms. The molecule has 2 aromatic rings. The van der Waals surface area contributed by atoms with Gasteiger partial charge in [0, 0.05) is 0 Å². The third-order valence-corrected chi connectivity index (χ3v) is 3.19. The molecule has 0 fully saturated rings. The molecule has 21 heavy (non-hydrogen) atoms. The average molecular weight is 285 g/mol. The number of carbonyl (C=O) groups is 1. The molecule has 0 radical (unpaired) electrons. The van der Waals surface area contributed by atoms with Crippen molar-refractivity contribution >= 4 is 11.6 Å². The Labute approximate surface area is 124 Å². The van der Waals surface area contributed by atoms with Crippen molar-refractivity contribution in [2.24, 2.45) is 0 Å². The number of anilines is 1. The highest BCUT2D eigenvalue weighted by Gasteiger charge is 2.14. The van der Waals surface area contributed by atoms with Crippen molar-refractivity contribution in [2.45, 2.75) is 19.4 Å². The lowest BCUT2D eigenvalue weighted by molar-refractivity contribution is -0.118. The predicted molar refractivity (Wildman–Crippen MR) is 82.4 cm³/mol. The Kier molecular flexibility index (Phi) is 4.95. The van der Waals surface area contributed by atoms with Gasteiger partial charge < -0.3 is 15.2 Å². The summed E-state index contributed by atoms with van der Waals surface area (Å²) in [4.78, 5) is 12.0. The van der Waals surface area contributed by atoms with Crippen LogP contribution in [0.25, 0.3) is 0 Å². The third kappa shape index (κ3) is 4.07. The second kappa shape index (κ2) is 6.90. The number of aliphatic hydroxyl groups excluding tert-OH is 1. The van der Waals surface area contributed by atoms with Gasteiger partial charge in [0.1, 0.15) is 5.75 Å². The number of ether oxygens (including phenoxy) is 1. The molecule has 0 heterocycles. The molecule has 2 rings (SSSR count). The SMILES string of the molecule is COc1ccc(C)cc1NC(=O)CC(O)c1ccccc1. The number of methoxy groups -OCH3 is 1. The molecule has 1 atom stereocenters. The lowest BCUT2D eigenvalue weighted by Crippen LogP contribution is -2.16. The second-order valence-electron chi connectivity index (χ2n) is 4.88. The average Bonchev–Trinajstić information content (AvgIpc) is 2.48. The molecule has 1 amide bonds. The fourth-order valence-corrected chi connectivity index (χ4v) is 2.09. The first-order valence-electron chi connectivity index (χ1n) is 6.77. The van der Waals surface area contributed by atoms with Gasteiger partial charge in [-0.1, -0.05) is 36.4 Å². The highest BCUT2D eigenvalue weighted by atomic mass is 16.5. The first-order valence-corrected chi connectivity index (χ1v) is 6.77. The van der Waals surface area contributed by atoms with Crippen LogP contribution in [-0.4, -0.2) is 18.1 Å². The van der Waals surface area contributed by atoms with Crippen LogP contribution < -0.4 is 10.1 Å².